The van der Waals surface area contributed by atoms with Crippen molar-refractivity contribution in [2.45, 2.75) is 39.7 Å². The number of anilines is 2. The number of aromatic nitrogens is 4. The lowest BCUT2D eigenvalue weighted by atomic mass is 10.3. The van der Waals surface area contributed by atoms with Gasteiger partial charge in [-0.3, -0.25) is 9.78 Å². The molecule has 3 aromatic rings. The Morgan fingerprint density at radius 2 is 2.04 bits per heavy atom. The standard InChI is InChI=1S/C16H15FN6O.C2H6/c1-9-6-13(20-10-2-3-10)15-19-8-14(23(15)22-9)16(24)21-12-4-5-18-7-11(12)17;1-2/h4-8,10,20H,2-3H2,1H3,(H,18,21,24);1-2H3. The van der Waals surface area contributed by atoms with Gasteiger partial charge in [0.15, 0.2) is 17.2 Å². The molecule has 0 unspecified atom stereocenters. The van der Waals surface area contributed by atoms with E-state index in [0.29, 0.717) is 11.7 Å². The summed E-state index contributed by atoms with van der Waals surface area (Å²) in [6, 6.07) is 3.76. The van der Waals surface area contributed by atoms with Gasteiger partial charge in [0.2, 0.25) is 0 Å². The van der Waals surface area contributed by atoms with Crippen LogP contribution in [0.5, 0.6) is 0 Å². The Labute approximate surface area is 150 Å². The zero-order valence-electron chi connectivity index (χ0n) is 15.0. The van der Waals surface area contributed by atoms with Crippen molar-refractivity contribution in [1.82, 2.24) is 19.6 Å². The molecule has 0 bridgehead atoms. The molecular formula is C18H21FN6O. The van der Waals surface area contributed by atoms with E-state index < -0.39 is 11.7 Å². The minimum atomic E-state index is -0.597. The Kier molecular flexibility index (Phi) is 5.11. The maximum Gasteiger partial charge on any atom is 0.276 e. The van der Waals surface area contributed by atoms with Crippen molar-refractivity contribution in [1.29, 1.82) is 0 Å². The first-order valence-electron chi connectivity index (χ1n) is 8.64. The molecule has 26 heavy (non-hydrogen) atoms. The van der Waals surface area contributed by atoms with Gasteiger partial charge < -0.3 is 10.6 Å². The molecule has 1 saturated carbocycles. The first-order chi connectivity index (χ1) is 12.6. The van der Waals surface area contributed by atoms with Gasteiger partial charge in [0, 0.05) is 12.2 Å². The van der Waals surface area contributed by atoms with E-state index in [4.69, 9.17) is 0 Å². The highest BCUT2D eigenvalue weighted by Crippen LogP contribution is 2.27. The summed E-state index contributed by atoms with van der Waals surface area (Å²) < 4.78 is 15.1. The summed E-state index contributed by atoms with van der Waals surface area (Å²) in [5.74, 6) is -1.08. The first-order valence-corrected chi connectivity index (χ1v) is 8.64. The zero-order chi connectivity index (χ0) is 18.7. The molecule has 3 heterocycles. The Morgan fingerprint density at radius 3 is 2.73 bits per heavy atom. The van der Waals surface area contributed by atoms with Crippen LogP contribution in [0.3, 0.4) is 0 Å². The van der Waals surface area contributed by atoms with Crippen LogP contribution in [0.1, 0.15) is 42.9 Å². The maximum absolute atomic E-state index is 13.7. The van der Waals surface area contributed by atoms with Gasteiger partial charge in [-0.2, -0.15) is 5.10 Å². The van der Waals surface area contributed by atoms with E-state index in [1.807, 2.05) is 26.8 Å². The van der Waals surface area contributed by atoms with Crippen LogP contribution in [0, 0.1) is 12.7 Å². The van der Waals surface area contributed by atoms with E-state index in [9.17, 15) is 9.18 Å². The number of nitrogens with zero attached hydrogens (tertiary/aromatic N) is 4. The lowest BCUT2D eigenvalue weighted by Gasteiger charge is -2.09. The monoisotopic (exact) mass is 356 g/mol. The molecule has 1 aliphatic rings. The first kappa shape index (κ1) is 17.8. The van der Waals surface area contributed by atoms with E-state index in [2.05, 4.69) is 25.7 Å². The number of halogens is 1. The molecule has 0 radical (unpaired) electrons. The number of amides is 1. The van der Waals surface area contributed by atoms with E-state index >= 15 is 0 Å². The van der Waals surface area contributed by atoms with Crippen LogP contribution in [0.15, 0.2) is 30.7 Å². The smallest absolute Gasteiger partial charge is 0.276 e. The summed E-state index contributed by atoms with van der Waals surface area (Å²) in [6.45, 7) is 5.85. The van der Waals surface area contributed by atoms with Crippen molar-refractivity contribution in [3.05, 3.63) is 47.9 Å². The van der Waals surface area contributed by atoms with Gasteiger partial charge >= 0.3 is 0 Å². The molecule has 1 aliphatic carbocycles. The molecule has 0 aromatic carbocycles. The van der Waals surface area contributed by atoms with Crippen molar-refractivity contribution in [3.8, 4) is 0 Å². The van der Waals surface area contributed by atoms with Crippen molar-refractivity contribution < 1.29 is 9.18 Å². The number of fused-ring (bicyclic) bond motifs is 1. The fourth-order valence-electron chi connectivity index (χ4n) is 2.46. The molecule has 0 spiro atoms. The number of carbonyl (C=O) groups is 1. The number of rotatable bonds is 4. The number of imidazole rings is 1. The number of carbonyl (C=O) groups excluding carboxylic acids is 1. The van der Waals surface area contributed by atoms with Crippen LogP contribution in [0.2, 0.25) is 0 Å². The Bertz CT molecular complexity index is 935. The van der Waals surface area contributed by atoms with Gasteiger partial charge in [0.05, 0.1) is 29.5 Å². The quantitative estimate of drug-likeness (QED) is 0.748. The lowest BCUT2D eigenvalue weighted by molar-refractivity contribution is 0.102. The van der Waals surface area contributed by atoms with Gasteiger partial charge in [-0.1, -0.05) is 13.8 Å². The number of aryl methyl sites for hydroxylation is 1. The molecule has 136 valence electrons. The molecule has 8 heteroatoms. The second-order valence-electron chi connectivity index (χ2n) is 5.81. The van der Waals surface area contributed by atoms with Crippen LogP contribution in [-0.2, 0) is 0 Å². The summed E-state index contributed by atoms with van der Waals surface area (Å²) >= 11 is 0. The van der Waals surface area contributed by atoms with Crippen molar-refractivity contribution >= 4 is 22.9 Å². The number of hydrogen-bond donors (Lipinski definition) is 2. The van der Waals surface area contributed by atoms with E-state index in [-0.39, 0.29) is 11.4 Å². The van der Waals surface area contributed by atoms with E-state index in [1.54, 1.807) is 0 Å². The second-order valence-corrected chi connectivity index (χ2v) is 5.81. The normalized spacial score (nSPS) is 13.1. The molecule has 4 rings (SSSR count). The van der Waals surface area contributed by atoms with Crippen molar-refractivity contribution in [2.75, 3.05) is 10.6 Å². The van der Waals surface area contributed by atoms with E-state index in [1.165, 1.54) is 23.0 Å². The van der Waals surface area contributed by atoms with Crippen LogP contribution in [0.4, 0.5) is 15.8 Å². The number of pyridine rings is 1. The molecule has 7 nitrogen and oxygen atoms in total. The highest BCUT2D eigenvalue weighted by molar-refractivity contribution is 6.03. The van der Waals surface area contributed by atoms with Crippen LogP contribution < -0.4 is 10.6 Å². The summed E-state index contributed by atoms with van der Waals surface area (Å²) in [6.07, 6.45) is 6.15. The van der Waals surface area contributed by atoms with Crippen LogP contribution in [0.25, 0.3) is 5.65 Å². The Hall–Kier alpha value is -3.03. The van der Waals surface area contributed by atoms with Gasteiger partial charge in [-0.05, 0) is 31.9 Å². The average molecular weight is 356 g/mol. The van der Waals surface area contributed by atoms with Crippen molar-refractivity contribution in [2.24, 2.45) is 0 Å². The summed E-state index contributed by atoms with van der Waals surface area (Å²) in [7, 11) is 0. The predicted octanol–water partition coefficient (Wildman–Crippen LogP) is 3.42. The van der Waals surface area contributed by atoms with E-state index in [0.717, 1.165) is 30.4 Å². The molecule has 0 atom stereocenters. The summed E-state index contributed by atoms with van der Waals surface area (Å²) in [4.78, 5) is 20.4. The SMILES string of the molecule is CC.Cc1cc(NC2CC2)c2ncc(C(=O)Nc3ccncc3F)n2n1. The lowest BCUT2D eigenvalue weighted by Crippen LogP contribution is -2.17. The molecule has 0 saturated heterocycles. The maximum atomic E-state index is 13.7. The second kappa shape index (κ2) is 7.47. The highest BCUT2D eigenvalue weighted by Gasteiger charge is 2.24. The highest BCUT2D eigenvalue weighted by atomic mass is 19.1. The topological polar surface area (TPSA) is 84.2 Å². The Morgan fingerprint density at radius 1 is 1.27 bits per heavy atom. The fraction of sp³-hybridized carbons (Fsp3) is 0.333. The molecule has 3 aromatic heterocycles. The summed E-state index contributed by atoms with van der Waals surface area (Å²) in [5, 5.41) is 10.3. The van der Waals surface area contributed by atoms with Crippen LogP contribution in [-0.4, -0.2) is 31.5 Å². The van der Waals surface area contributed by atoms with Gasteiger partial charge in [-0.25, -0.2) is 13.9 Å². The van der Waals surface area contributed by atoms with Gasteiger partial charge in [0.1, 0.15) is 0 Å². The van der Waals surface area contributed by atoms with Gasteiger partial charge in [-0.15, -0.1) is 0 Å². The number of hydrogen-bond acceptors (Lipinski definition) is 5. The molecular weight excluding hydrogens is 335 g/mol. The minimum absolute atomic E-state index is 0.0638. The molecule has 1 amide bonds. The molecule has 1 fully saturated rings. The van der Waals surface area contributed by atoms with Crippen LogP contribution >= 0.6 is 0 Å². The fourth-order valence-corrected chi connectivity index (χ4v) is 2.46. The largest absolute Gasteiger partial charge is 0.379 e. The number of nitrogens with one attached hydrogen (secondary N) is 2. The predicted molar refractivity (Wildman–Crippen MR) is 97.9 cm³/mol. The third-order valence-corrected chi connectivity index (χ3v) is 3.78. The average Bonchev–Trinajstić information content (AvgIpc) is 3.34. The molecule has 2 N–H and O–H groups in total. The third kappa shape index (κ3) is 3.63. The summed E-state index contributed by atoms with van der Waals surface area (Å²) in [5.41, 5.74) is 2.48. The van der Waals surface area contributed by atoms with Gasteiger partial charge in [0.25, 0.3) is 5.91 Å². The minimum Gasteiger partial charge on any atom is -0.379 e. The Balaban J connectivity index is 0.000000948. The third-order valence-electron chi connectivity index (χ3n) is 3.78. The molecule has 0 aliphatic heterocycles. The van der Waals surface area contributed by atoms with Crippen molar-refractivity contribution in [3.63, 3.8) is 0 Å². The zero-order valence-corrected chi connectivity index (χ0v) is 15.0.